The van der Waals surface area contributed by atoms with Crippen molar-refractivity contribution in [3.05, 3.63) is 33.0 Å². The van der Waals surface area contributed by atoms with Crippen molar-refractivity contribution in [1.82, 2.24) is 4.90 Å². The monoisotopic (exact) mass is 349 g/mol. The van der Waals surface area contributed by atoms with Gasteiger partial charge in [-0.2, -0.15) is 13.2 Å². The van der Waals surface area contributed by atoms with Crippen molar-refractivity contribution < 1.29 is 32.4 Å². The predicted octanol–water partition coefficient (Wildman–Crippen LogP) is 1.96. The molecule has 24 heavy (non-hydrogen) atoms. The van der Waals surface area contributed by atoms with Gasteiger partial charge in [-0.25, -0.2) is 0 Å². The summed E-state index contributed by atoms with van der Waals surface area (Å²) >= 11 is 0. The third-order valence-corrected chi connectivity index (χ3v) is 3.11. The van der Waals surface area contributed by atoms with Gasteiger partial charge in [0.25, 0.3) is 0 Å². The van der Waals surface area contributed by atoms with E-state index in [0.717, 1.165) is 4.90 Å². The maximum absolute atomic E-state index is 13.9. The van der Waals surface area contributed by atoms with E-state index in [2.05, 4.69) is 9.91 Å². The molecule has 1 aliphatic rings. The number of nitro benzene ring substituents is 1. The van der Waals surface area contributed by atoms with Gasteiger partial charge in [0.05, 0.1) is 24.2 Å². The molecule has 0 aliphatic carbocycles. The lowest BCUT2D eigenvalue weighted by atomic mass is 10.2. The van der Waals surface area contributed by atoms with Gasteiger partial charge < -0.3 is 14.4 Å². The lowest BCUT2D eigenvalue weighted by Crippen LogP contribution is -2.51. The Bertz CT molecular complexity index is 678. The molecule has 1 saturated heterocycles. The van der Waals surface area contributed by atoms with Gasteiger partial charge in [-0.15, -0.1) is 4.91 Å². The van der Waals surface area contributed by atoms with E-state index < -0.39 is 39.9 Å². The second kappa shape index (κ2) is 6.78. The Morgan fingerprint density at radius 1 is 1.38 bits per heavy atom. The summed E-state index contributed by atoms with van der Waals surface area (Å²) in [5, 5.41) is 12.8. The van der Waals surface area contributed by atoms with Crippen LogP contribution in [0.3, 0.4) is 0 Å². The molecule has 0 spiro atoms. The minimum Gasteiger partial charge on any atom is -0.423 e. The van der Waals surface area contributed by atoms with Crippen LogP contribution in [-0.2, 0) is 9.53 Å². The van der Waals surface area contributed by atoms with Crippen LogP contribution in [0.1, 0.15) is 0 Å². The number of hydrogen-bond donors (Lipinski definition) is 0. The van der Waals surface area contributed by atoms with Crippen molar-refractivity contribution in [2.24, 2.45) is 5.18 Å². The summed E-state index contributed by atoms with van der Waals surface area (Å²) in [6.07, 6.45) is -4.42. The first-order chi connectivity index (χ1) is 11.3. The van der Waals surface area contributed by atoms with Gasteiger partial charge in [0.1, 0.15) is 0 Å². The molecular formula is C12H10F3N3O6. The van der Waals surface area contributed by atoms with E-state index in [1.54, 1.807) is 0 Å². The first-order valence-corrected chi connectivity index (χ1v) is 6.51. The first-order valence-electron chi connectivity index (χ1n) is 6.51. The molecule has 1 aromatic rings. The highest BCUT2D eigenvalue weighted by Gasteiger charge is 2.46. The number of nitrogens with zero attached hydrogens (tertiary/aromatic N) is 3. The Balaban J connectivity index is 2.28. The molecule has 12 heteroatoms. The highest BCUT2D eigenvalue weighted by atomic mass is 19.3. The third kappa shape index (κ3) is 3.59. The molecular weight excluding hydrogens is 339 g/mol. The quantitative estimate of drug-likeness (QED) is 0.456. The molecule has 1 amide bonds. The van der Waals surface area contributed by atoms with Gasteiger partial charge in [-0.05, 0) is 5.18 Å². The Labute approximate surface area is 132 Å². The molecule has 0 radical (unpaired) electrons. The number of alkyl halides is 2. The number of carbonyl (C=O) groups excluding carboxylic acids is 1. The number of amides is 1. The van der Waals surface area contributed by atoms with E-state index in [4.69, 9.17) is 4.74 Å². The summed E-state index contributed by atoms with van der Waals surface area (Å²) in [6, 6.07) is 0.544. The molecule has 1 aliphatic heterocycles. The fourth-order valence-electron chi connectivity index (χ4n) is 1.96. The summed E-state index contributed by atoms with van der Waals surface area (Å²) in [4.78, 5) is 32.6. The van der Waals surface area contributed by atoms with E-state index in [1.807, 2.05) is 0 Å². The predicted molar refractivity (Wildman–Crippen MR) is 71.5 cm³/mol. The van der Waals surface area contributed by atoms with Crippen LogP contribution in [0.4, 0.5) is 24.5 Å². The van der Waals surface area contributed by atoms with Gasteiger partial charge in [-0.3, -0.25) is 14.9 Å². The van der Waals surface area contributed by atoms with Crippen molar-refractivity contribution in [3.8, 4) is 5.75 Å². The maximum atomic E-state index is 13.9. The van der Waals surface area contributed by atoms with Gasteiger partial charge >= 0.3 is 17.7 Å². The number of ether oxygens (including phenoxy) is 2. The highest BCUT2D eigenvalue weighted by molar-refractivity contribution is 5.82. The van der Waals surface area contributed by atoms with Crippen LogP contribution in [0.25, 0.3) is 0 Å². The van der Waals surface area contributed by atoms with Crippen molar-refractivity contribution in [2.45, 2.75) is 6.11 Å². The van der Waals surface area contributed by atoms with Gasteiger partial charge in [0.2, 0.25) is 5.82 Å². The summed E-state index contributed by atoms with van der Waals surface area (Å²) in [6.45, 7) is -0.0549. The molecule has 9 nitrogen and oxygen atoms in total. The number of hydrogen-bond acceptors (Lipinski definition) is 7. The number of rotatable bonds is 5. The summed E-state index contributed by atoms with van der Waals surface area (Å²) in [7, 11) is 0. The van der Waals surface area contributed by atoms with E-state index in [1.165, 1.54) is 0 Å². The first kappa shape index (κ1) is 17.6. The van der Waals surface area contributed by atoms with Crippen LogP contribution in [0.5, 0.6) is 5.75 Å². The number of halogens is 3. The molecule has 1 aromatic carbocycles. The van der Waals surface area contributed by atoms with Crippen LogP contribution in [-0.4, -0.2) is 48.1 Å². The van der Waals surface area contributed by atoms with Gasteiger partial charge in [0, 0.05) is 19.2 Å². The normalized spacial score (nSPS) is 15.0. The molecule has 130 valence electrons. The molecule has 0 N–H and O–H groups in total. The average molecular weight is 349 g/mol. The van der Waals surface area contributed by atoms with Crippen molar-refractivity contribution in [3.63, 3.8) is 0 Å². The molecule has 0 unspecified atom stereocenters. The molecule has 0 saturated carbocycles. The Morgan fingerprint density at radius 2 is 2.00 bits per heavy atom. The van der Waals surface area contributed by atoms with Crippen LogP contribution in [0.2, 0.25) is 0 Å². The van der Waals surface area contributed by atoms with Crippen LogP contribution in [0, 0.1) is 20.8 Å². The molecule has 0 aromatic heterocycles. The molecule has 1 heterocycles. The highest BCUT2D eigenvalue weighted by Crippen LogP contribution is 2.37. The minimum atomic E-state index is -4.42. The van der Waals surface area contributed by atoms with Gasteiger partial charge in [0.15, 0.2) is 11.4 Å². The maximum Gasteiger partial charge on any atom is 0.482 e. The number of nitro groups is 1. The van der Waals surface area contributed by atoms with Crippen LogP contribution >= 0.6 is 0 Å². The Kier molecular flexibility index (Phi) is 4.97. The summed E-state index contributed by atoms with van der Waals surface area (Å²) < 4.78 is 50.5. The molecule has 1 fully saturated rings. The van der Waals surface area contributed by atoms with Crippen molar-refractivity contribution >= 4 is 17.3 Å². The van der Waals surface area contributed by atoms with Gasteiger partial charge in [-0.1, -0.05) is 0 Å². The zero-order valence-corrected chi connectivity index (χ0v) is 11.9. The van der Waals surface area contributed by atoms with E-state index >= 15 is 0 Å². The van der Waals surface area contributed by atoms with Crippen molar-refractivity contribution in [1.29, 1.82) is 0 Å². The SMILES string of the molecule is O=Nc1cc([N+](=O)[O-])c(F)cc1OC(F)(F)C(=O)N1CCOCC1. The standard InChI is InChI=1S/C12H10F3N3O6/c13-7-5-10(8(16-20)6-9(7)18(21)22)24-12(14,15)11(19)17-1-3-23-4-2-17/h5-6H,1-4H2. The van der Waals surface area contributed by atoms with E-state index in [0.29, 0.717) is 6.07 Å². The number of benzene rings is 1. The summed E-state index contributed by atoms with van der Waals surface area (Å²) in [5.74, 6) is -4.31. The lowest BCUT2D eigenvalue weighted by molar-refractivity contribution is -0.387. The smallest absolute Gasteiger partial charge is 0.423 e. The molecule has 0 atom stereocenters. The summed E-state index contributed by atoms with van der Waals surface area (Å²) in [5.41, 5.74) is -2.07. The lowest BCUT2D eigenvalue weighted by Gasteiger charge is -2.29. The average Bonchev–Trinajstić information content (AvgIpc) is 2.54. The zero-order chi connectivity index (χ0) is 17.9. The number of morpholine rings is 1. The zero-order valence-electron chi connectivity index (χ0n) is 11.9. The van der Waals surface area contributed by atoms with E-state index in [9.17, 15) is 33.0 Å². The second-order valence-electron chi connectivity index (χ2n) is 4.64. The fraction of sp³-hybridized carbons (Fsp3) is 0.417. The van der Waals surface area contributed by atoms with E-state index in [-0.39, 0.29) is 32.4 Å². The Morgan fingerprint density at radius 3 is 2.54 bits per heavy atom. The molecule has 2 rings (SSSR count). The molecule has 0 bridgehead atoms. The van der Waals surface area contributed by atoms with Crippen LogP contribution in [0.15, 0.2) is 17.3 Å². The fourth-order valence-corrected chi connectivity index (χ4v) is 1.96. The minimum absolute atomic E-state index is 0.0646. The van der Waals surface area contributed by atoms with Crippen molar-refractivity contribution in [2.75, 3.05) is 26.3 Å². The van der Waals surface area contributed by atoms with Crippen LogP contribution < -0.4 is 4.74 Å². The number of nitroso groups, excluding NO2 is 1. The topological polar surface area (TPSA) is 111 Å². The second-order valence-corrected chi connectivity index (χ2v) is 4.64. The largest absolute Gasteiger partial charge is 0.482 e. The number of carbonyl (C=O) groups is 1. The third-order valence-electron chi connectivity index (χ3n) is 3.11. The Hall–Kier alpha value is -2.76.